The van der Waals surface area contributed by atoms with Crippen LogP contribution < -0.4 is 10.1 Å². The third-order valence-electron chi connectivity index (χ3n) is 4.30. The molecule has 2 unspecified atom stereocenters. The van der Waals surface area contributed by atoms with Crippen molar-refractivity contribution in [1.29, 1.82) is 0 Å². The van der Waals surface area contributed by atoms with Crippen molar-refractivity contribution in [3.63, 3.8) is 0 Å². The van der Waals surface area contributed by atoms with Gasteiger partial charge in [0.25, 0.3) is 5.60 Å². The van der Waals surface area contributed by atoms with Crippen LogP contribution in [-0.2, 0) is 6.54 Å². The van der Waals surface area contributed by atoms with Crippen LogP contribution in [-0.4, -0.2) is 27.1 Å². The molecule has 0 aliphatic carbocycles. The number of amidine groups is 1. The van der Waals surface area contributed by atoms with Crippen LogP contribution in [0.5, 0.6) is 5.75 Å². The number of hydrogen-bond acceptors (Lipinski definition) is 6. The van der Waals surface area contributed by atoms with E-state index in [9.17, 15) is 4.39 Å². The smallest absolute Gasteiger partial charge is 0.256 e. The molecule has 1 N–H and O–H groups in total. The summed E-state index contributed by atoms with van der Waals surface area (Å²) in [5, 5.41) is 3.29. The van der Waals surface area contributed by atoms with Gasteiger partial charge in [-0.2, -0.15) is 4.39 Å². The zero-order valence-electron chi connectivity index (χ0n) is 17.0. The third-order valence-corrected chi connectivity index (χ3v) is 4.41. The van der Waals surface area contributed by atoms with Gasteiger partial charge in [-0.15, -0.1) is 0 Å². The van der Waals surface area contributed by atoms with Crippen LogP contribution in [0.2, 0.25) is 0 Å². The summed E-state index contributed by atoms with van der Waals surface area (Å²) in [6, 6.07) is 5.41. The molecule has 2 aromatic rings. The van der Waals surface area contributed by atoms with Gasteiger partial charge in [0.2, 0.25) is 0 Å². The van der Waals surface area contributed by atoms with Crippen LogP contribution in [0.15, 0.2) is 52.4 Å². The number of rotatable bonds is 6. The second kappa shape index (κ2) is 8.78. The molecule has 3 rings (SSSR count). The Kier molecular flexibility index (Phi) is 6.38. The maximum absolute atomic E-state index is 13.7. The van der Waals surface area contributed by atoms with E-state index in [4.69, 9.17) is 4.74 Å². The number of hydrogen-bond donors (Lipinski definition) is 1. The van der Waals surface area contributed by atoms with E-state index in [0.717, 1.165) is 46.2 Å². The summed E-state index contributed by atoms with van der Waals surface area (Å²) < 4.78 is 19.0. The molecule has 8 heteroatoms. The Hall–Kier alpha value is -2.66. The van der Waals surface area contributed by atoms with Gasteiger partial charge in [0.1, 0.15) is 17.4 Å². The second-order valence-corrected chi connectivity index (χ2v) is 7.99. The highest BCUT2D eigenvalue weighted by Gasteiger charge is 2.19. The number of aliphatic imine (C=N–C) groups is 2. The highest BCUT2D eigenvalue weighted by Crippen LogP contribution is 2.31. The maximum atomic E-state index is 13.7. The Morgan fingerprint density at radius 2 is 2.10 bits per heavy atom. The topological polar surface area (TPSA) is 71.8 Å². The van der Waals surface area contributed by atoms with E-state index in [1.807, 2.05) is 36.1 Å². The first-order valence-electron chi connectivity index (χ1n) is 9.39. The quantitative estimate of drug-likeness (QED) is 0.545. The number of benzene rings is 1. The van der Waals surface area contributed by atoms with Gasteiger partial charge in [-0.1, -0.05) is 22.2 Å². The number of fused-ring (bicyclic) bond motifs is 1. The molecule has 0 fully saturated rings. The van der Waals surface area contributed by atoms with E-state index in [1.54, 1.807) is 30.7 Å². The Balaban J connectivity index is 1.78. The van der Waals surface area contributed by atoms with Gasteiger partial charge in [-0.05, 0) is 31.9 Å². The molecular weight excluding hydrogens is 388 g/mol. The van der Waals surface area contributed by atoms with Crippen LogP contribution in [0, 0.1) is 6.92 Å². The molecule has 1 aliphatic heterocycles. The van der Waals surface area contributed by atoms with E-state index >= 15 is 0 Å². The minimum Gasteiger partial charge on any atom is -0.455 e. The van der Waals surface area contributed by atoms with Crippen LogP contribution in [0.4, 0.5) is 10.1 Å². The SMILES string of the molecule is CCC(=N/C=C(\C)C1=NCc2ccc(OC(C)(F)P)cc2N1)c1cnc(C)nc1. The van der Waals surface area contributed by atoms with Crippen LogP contribution >= 0.6 is 9.24 Å². The normalized spacial score (nSPS) is 16.4. The van der Waals surface area contributed by atoms with E-state index < -0.39 is 5.60 Å². The van der Waals surface area contributed by atoms with Gasteiger partial charge in [0.15, 0.2) is 0 Å². The van der Waals surface area contributed by atoms with Crippen LogP contribution in [0.3, 0.4) is 0 Å². The summed E-state index contributed by atoms with van der Waals surface area (Å²) in [4.78, 5) is 17.7. The highest BCUT2D eigenvalue weighted by molar-refractivity contribution is 7.18. The number of alkyl halides is 1. The maximum Gasteiger partial charge on any atom is 0.256 e. The van der Waals surface area contributed by atoms with Crippen molar-refractivity contribution in [2.45, 2.75) is 46.3 Å². The molecule has 6 nitrogen and oxygen atoms in total. The average molecular weight is 413 g/mol. The fourth-order valence-electron chi connectivity index (χ4n) is 2.81. The molecule has 0 spiro atoms. The van der Waals surface area contributed by atoms with Crippen molar-refractivity contribution in [3.05, 3.63) is 59.3 Å². The lowest BCUT2D eigenvalue weighted by Gasteiger charge is -2.22. The number of aromatic nitrogens is 2. The number of halogens is 1. The highest BCUT2D eigenvalue weighted by atomic mass is 31.0. The minimum absolute atomic E-state index is 0.449. The van der Waals surface area contributed by atoms with E-state index in [1.165, 1.54) is 6.92 Å². The molecule has 1 aromatic heterocycles. The molecule has 29 heavy (non-hydrogen) atoms. The lowest BCUT2D eigenvalue weighted by Crippen LogP contribution is -2.20. The molecule has 2 atom stereocenters. The van der Waals surface area contributed by atoms with Crippen molar-refractivity contribution >= 4 is 26.5 Å². The summed E-state index contributed by atoms with van der Waals surface area (Å²) in [7, 11) is 2.03. The number of anilines is 1. The third kappa shape index (κ3) is 5.67. The summed E-state index contributed by atoms with van der Waals surface area (Å²) >= 11 is 0. The van der Waals surface area contributed by atoms with Gasteiger partial charge in [0, 0.05) is 48.4 Å². The zero-order chi connectivity index (χ0) is 21.0. The van der Waals surface area contributed by atoms with Gasteiger partial charge in [-0.3, -0.25) is 9.98 Å². The van der Waals surface area contributed by atoms with Crippen LogP contribution in [0.1, 0.15) is 44.1 Å². The molecule has 1 aromatic carbocycles. The summed E-state index contributed by atoms with van der Waals surface area (Å²) in [5.41, 5.74) is 2.75. The molecule has 0 amide bonds. The fraction of sp³-hybridized carbons (Fsp3) is 0.333. The molecule has 0 radical (unpaired) electrons. The molecule has 0 saturated heterocycles. The molecular formula is C21H25FN5OP. The Morgan fingerprint density at radius 1 is 1.38 bits per heavy atom. The summed E-state index contributed by atoms with van der Waals surface area (Å²) in [6.07, 6.45) is 6.12. The van der Waals surface area contributed by atoms with Crippen molar-refractivity contribution in [2.24, 2.45) is 9.98 Å². The van der Waals surface area contributed by atoms with E-state index in [0.29, 0.717) is 12.3 Å². The second-order valence-electron chi connectivity index (χ2n) is 6.96. The van der Waals surface area contributed by atoms with Gasteiger partial charge >= 0.3 is 0 Å². The number of aryl methyl sites for hydroxylation is 1. The zero-order valence-corrected chi connectivity index (χ0v) is 18.2. The minimum atomic E-state index is -1.82. The summed E-state index contributed by atoms with van der Waals surface area (Å²) in [5.74, 6) is 1.90. The lowest BCUT2D eigenvalue weighted by atomic mass is 10.1. The largest absolute Gasteiger partial charge is 0.455 e. The Labute approximate surface area is 172 Å². The molecule has 0 bridgehead atoms. The number of ether oxygens (including phenoxy) is 1. The Morgan fingerprint density at radius 3 is 2.76 bits per heavy atom. The van der Waals surface area contributed by atoms with Crippen molar-refractivity contribution in [1.82, 2.24) is 9.97 Å². The number of nitrogens with zero attached hydrogens (tertiary/aromatic N) is 4. The van der Waals surface area contributed by atoms with Gasteiger partial charge in [0.05, 0.1) is 12.3 Å². The predicted octanol–water partition coefficient (Wildman–Crippen LogP) is 4.81. The Bertz CT molecular complexity index is 978. The first kappa shape index (κ1) is 21.1. The first-order chi connectivity index (χ1) is 13.7. The van der Waals surface area contributed by atoms with Crippen molar-refractivity contribution in [3.8, 4) is 5.75 Å². The average Bonchev–Trinajstić information content (AvgIpc) is 2.67. The summed E-state index contributed by atoms with van der Waals surface area (Å²) in [6.45, 7) is 7.71. The molecule has 1 aliphatic rings. The monoisotopic (exact) mass is 413 g/mol. The fourth-order valence-corrected chi connectivity index (χ4v) is 2.94. The van der Waals surface area contributed by atoms with Gasteiger partial charge in [-0.25, -0.2) is 9.97 Å². The lowest BCUT2D eigenvalue weighted by molar-refractivity contribution is 0.0473. The standard InChI is InChI=1S/C21H25FN5OP/c1-5-18(16-11-23-14(3)24-12-16)25-9-13(2)20-26-10-15-6-7-17(8-19(15)27-20)28-21(4,22)29/h6-9,11-12H,5,10,29H2,1-4H3,(H,26,27)/b13-9+,25-18?. The van der Waals surface area contributed by atoms with Crippen LogP contribution in [0.25, 0.3) is 0 Å². The molecule has 152 valence electrons. The number of nitrogens with one attached hydrogen (secondary N) is 1. The van der Waals surface area contributed by atoms with E-state index in [-0.39, 0.29) is 0 Å². The van der Waals surface area contributed by atoms with E-state index in [2.05, 4.69) is 25.3 Å². The first-order valence-corrected chi connectivity index (χ1v) is 9.97. The molecule has 0 saturated carbocycles. The molecule has 2 heterocycles. The van der Waals surface area contributed by atoms with Crippen molar-refractivity contribution < 1.29 is 9.13 Å². The van der Waals surface area contributed by atoms with Gasteiger partial charge < -0.3 is 10.1 Å². The van der Waals surface area contributed by atoms with Crippen molar-refractivity contribution in [2.75, 3.05) is 5.32 Å². The predicted molar refractivity (Wildman–Crippen MR) is 118 cm³/mol.